The molecule has 1 amide bonds. The second-order valence-corrected chi connectivity index (χ2v) is 9.06. The summed E-state index contributed by atoms with van der Waals surface area (Å²) in [6.07, 6.45) is 2.35. The molecule has 4 rings (SSSR count). The fourth-order valence-electron chi connectivity index (χ4n) is 3.81. The van der Waals surface area contributed by atoms with E-state index < -0.39 is 0 Å². The summed E-state index contributed by atoms with van der Waals surface area (Å²) in [6.45, 7) is 6.80. The number of hydrogen-bond acceptors (Lipinski definition) is 4. The first-order chi connectivity index (χ1) is 13.5. The molecule has 29 heavy (non-hydrogen) atoms. The first-order valence-electron chi connectivity index (χ1n) is 9.78. The molecule has 7 heteroatoms. The summed E-state index contributed by atoms with van der Waals surface area (Å²) in [7, 11) is 0. The maximum absolute atomic E-state index is 12.9. The molecule has 2 aromatic heterocycles. The number of amides is 1. The zero-order valence-corrected chi connectivity index (χ0v) is 19.0. The van der Waals surface area contributed by atoms with E-state index in [1.54, 1.807) is 0 Å². The third-order valence-corrected chi connectivity index (χ3v) is 7.22. The van der Waals surface area contributed by atoms with Crippen LogP contribution in [0.5, 0.6) is 0 Å². The van der Waals surface area contributed by atoms with Gasteiger partial charge in [-0.05, 0) is 57.0 Å². The van der Waals surface area contributed by atoms with Gasteiger partial charge < -0.3 is 9.73 Å². The van der Waals surface area contributed by atoms with Gasteiger partial charge in [0.1, 0.15) is 16.4 Å². The fourth-order valence-corrected chi connectivity index (χ4v) is 5.25. The molecule has 4 nitrogen and oxygen atoms in total. The van der Waals surface area contributed by atoms with Gasteiger partial charge in [-0.2, -0.15) is 0 Å². The molecule has 0 saturated carbocycles. The maximum Gasteiger partial charge on any atom is 0.263 e. The smallest absolute Gasteiger partial charge is 0.263 e. The zero-order chi connectivity index (χ0) is 19.7. The van der Waals surface area contributed by atoms with E-state index in [4.69, 9.17) is 16.0 Å². The summed E-state index contributed by atoms with van der Waals surface area (Å²) in [6, 6.07) is 11.9. The molecule has 1 fully saturated rings. The lowest BCUT2D eigenvalue weighted by atomic mass is 9.97. The average molecular weight is 453 g/mol. The molecule has 3 aromatic rings. The number of likely N-dealkylation sites (tertiary alicyclic amines) is 1. The van der Waals surface area contributed by atoms with Crippen molar-refractivity contribution in [1.29, 1.82) is 0 Å². The van der Waals surface area contributed by atoms with Crippen LogP contribution in [0.1, 0.15) is 47.0 Å². The molecule has 1 aliphatic heterocycles. The normalized spacial score (nSPS) is 16.5. The minimum Gasteiger partial charge on any atom is -0.465 e. The maximum atomic E-state index is 12.9. The highest BCUT2D eigenvalue weighted by Gasteiger charge is 2.28. The fraction of sp³-hybridized carbons (Fsp3) is 0.409. The van der Waals surface area contributed by atoms with Crippen LogP contribution >= 0.6 is 35.3 Å². The number of aryl methyl sites for hydroxylation is 1. The number of piperidine rings is 1. The van der Waals surface area contributed by atoms with Gasteiger partial charge in [0.2, 0.25) is 0 Å². The largest absolute Gasteiger partial charge is 0.465 e. The van der Waals surface area contributed by atoms with Crippen LogP contribution in [0.3, 0.4) is 0 Å². The second kappa shape index (κ2) is 9.52. The van der Waals surface area contributed by atoms with Crippen LogP contribution in [0.2, 0.25) is 5.02 Å². The number of thiophene rings is 1. The number of nitrogens with one attached hydrogen (secondary N) is 1. The molecule has 0 spiro atoms. The number of carbonyl (C=O) groups excluding carboxylic acids is 1. The van der Waals surface area contributed by atoms with Gasteiger partial charge in [0.05, 0.1) is 11.1 Å². The topological polar surface area (TPSA) is 45.5 Å². The van der Waals surface area contributed by atoms with Crippen molar-refractivity contribution in [3.63, 3.8) is 0 Å². The lowest BCUT2D eigenvalue weighted by molar-refractivity contribution is 0.0898. The van der Waals surface area contributed by atoms with Crippen molar-refractivity contribution in [3.05, 3.63) is 57.8 Å². The van der Waals surface area contributed by atoms with Gasteiger partial charge >= 0.3 is 0 Å². The summed E-state index contributed by atoms with van der Waals surface area (Å²) < 4.78 is 6.95. The Kier molecular flexibility index (Phi) is 7.28. The molecule has 1 aromatic carbocycles. The Labute approximate surface area is 186 Å². The third kappa shape index (κ3) is 4.80. The third-order valence-electron chi connectivity index (χ3n) is 5.55. The Bertz CT molecular complexity index is 976. The predicted octanol–water partition coefficient (Wildman–Crippen LogP) is 6.08. The molecule has 1 N–H and O–H groups in total. The van der Waals surface area contributed by atoms with E-state index in [-0.39, 0.29) is 24.4 Å². The van der Waals surface area contributed by atoms with Crippen LogP contribution in [0.15, 0.2) is 40.8 Å². The van der Waals surface area contributed by atoms with E-state index in [1.807, 2.05) is 43.3 Å². The Balaban J connectivity index is 0.00000240. The lowest BCUT2D eigenvalue weighted by Gasteiger charge is -2.35. The van der Waals surface area contributed by atoms with Crippen LogP contribution in [0, 0.1) is 12.8 Å². The van der Waals surface area contributed by atoms with Gasteiger partial charge in [0.25, 0.3) is 5.91 Å². The van der Waals surface area contributed by atoms with Crippen molar-refractivity contribution in [2.45, 2.75) is 32.7 Å². The Hall–Kier alpha value is -1.53. The number of fused-ring (bicyclic) bond motifs is 1. The first kappa shape index (κ1) is 22.2. The quantitative estimate of drug-likeness (QED) is 0.509. The number of rotatable bonds is 5. The Morgan fingerprint density at radius 1 is 1.28 bits per heavy atom. The molecule has 0 bridgehead atoms. The van der Waals surface area contributed by atoms with E-state index >= 15 is 0 Å². The highest BCUT2D eigenvalue weighted by atomic mass is 35.5. The number of carbonyl (C=O) groups is 1. The van der Waals surface area contributed by atoms with Crippen molar-refractivity contribution >= 4 is 51.3 Å². The summed E-state index contributed by atoms with van der Waals surface area (Å²) in [5.41, 5.74) is 0. The van der Waals surface area contributed by atoms with Crippen LogP contribution in [0.4, 0.5) is 0 Å². The summed E-state index contributed by atoms with van der Waals surface area (Å²) in [5.74, 6) is 2.44. The van der Waals surface area contributed by atoms with Gasteiger partial charge in [0, 0.05) is 16.6 Å². The molecule has 1 atom stereocenters. The highest BCUT2D eigenvalue weighted by Crippen LogP contribution is 2.35. The van der Waals surface area contributed by atoms with Crippen LogP contribution in [0.25, 0.3) is 10.1 Å². The molecule has 1 unspecified atom stereocenters. The first-order valence-corrected chi connectivity index (χ1v) is 11.0. The van der Waals surface area contributed by atoms with Crippen molar-refractivity contribution in [2.75, 3.05) is 19.6 Å². The number of furan rings is 1. The minimum absolute atomic E-state index is 0. The summed E-state index contributed by atoms with van der Waals surface area (Å²) in [4.78, 5) is 15.9. The Morgan fingerprint density at radius 2 is 2.00 bits per heavy atom. The van der Waals surface area contributed by atoms with Crippen molar-refractivity contribution in [3.8, 4) is 0 Å². The van der Waals surface area contributed by atoms with Gasteiger partial charge in [-0.15, -0.1) is 23.7 Å². The number of benzene rings is 1. The van der Waals surface area contributed by atoms with Gasteiger partial charge in [0.15, 0.2) is 0 Å². The molecular weight excluding hydrogens is 427 g/mol. The van der Waals surface area contributed by atoms with Crippen LogP contribution in [-0.2, 0) is 0 Å². The van der Waals surface area contributed by atoms with Crippen LogP contribution < -0.4 is 5.32 Å². The van der Waals surface area contributed by atoms with Crippen molar-refractivity contribution in [1.82, 2.24) is 10.2 Å². The van der Waals surface area contributed by atoms with Gasteiger partial charge in [-0.3, -0.25) is 9.69 Å². The van der Waals surface area contributed by atoms with Gasteiger partial charge in [-0.1, -0.05) is 36.7 Å². The molecule has 1 aliphatic rings. The zero-order valence-electron chi connectivity index (χ0n) is 16.6. The summed E-state index contributed by atoms with van der Waals surface area (Å²) in [5, 5.41) is 4.57. The molecule has 1 saturated heterocycles. The second-order valence-electron chi connectivity index (χ2n) is 7.63. The molecule has 0 radical (unpaired) electrons. The van der Waals surface area contributed by atoms with Crippen molar-refractivity contribution in [2.24, 2.45) is 5.92 Å². The number of halogens is 2. The number of nitrogens with zero attached hydrogens (tertiary/aromatic N) is 1. The van der Waals surface area contributed by atoms with E-state index in [0.29, 0.717) is 16.4 Å². The van der Waals surface area contributed by atoms with E-state index in [1.165, 1.54) is 24.2 Å². The lowest BCUT2D eigenvalue weighted by Crippen LogP contribution is -2.41. The van der Waals surface area contributed by atoms with Crippen molar-refractivity contribution < 1.29 is 9.21 Å². The minimum atomic E-state index is -0.121. The van der Waals surface area contributed by atoms with E-state index in [0.717, 1.165) is 40.6 Å². The molecular formula is C22H26Cl2N2O2S. The van der Waals surface area contributed by atoms with E-state index in [2.05, 4.69) is 17.1 Å². The standard InChI is InChI=1S/C22H25ClN2O2S.ClH/c1-14-9-11-25(12-10-14)17(18-8-7-15(2)27-18)13-24-22(26)21-20(23)16-5-3-4-6-19(16)28-21;/h3-8,14,17H,9-13H2,1-2H3,(H,24,26);1H. The van der Waals surface area contributed by atoms with Crippen LogP contribution in [-0.4, -0.2) is 30.4 Å². The predicted molar refractivity (Wildman–Crippen MR) is 123 cm³/mol. The Morgan fingerprint density at radius 3 is 2.66 bits per heavy atom. The highest BCUT2D eigenvalue weighted by molar-refractivity contribution is 7.21. The average Bonchev–Trinajstić information content (AvgIpc) is 3.27. The molecule has 3 heterocycles. The van der Waals surface area contributed by atoms with E-state index in [9.17, 15) is 4.79 Å². The monoisotopic (exact) mass is 452 g/mol. The molecule has 156 valence electrons. The summed E-state index contributed by atoms with van der Waals surface area (Å²) >= 11 is 7.91. The number of hydrogen-bond donors (Lipinski definition) is 1. The molecule has 0 aliphatic carbocycles. The SMILES string of the molecule is Cc1ccc(C(CNC(=O)c2sc3ccccc3c2Cl)N2CCC(C)CC2)o1.Cl. The van der Waals surface area contributed by atoms with Gasteiger partial charge in [-0.25, -0.2) is 0 Å².